The summed E-state index contributed by atoms with van der Waals surface area (Å²) < 4.78 is 12.5. The molecule has 30 heavy (non-hydrogen) atoms. The van der Waals surface area contributed by atoms with Gasteiger partial charge in [-0.15, -0.1) is 0 Å². The Bertz CT molecular complexity index is 1190. The molecule has 0 aliphatic carbocycles. The SMILES string of the molecule is N#CC1=C(N)Oc2cc(O)ccc2[C@H]1c1cc(Br)ccc1OCc1ccc(Cl)cc1. The first-order chi connectivity index (χ1) is 14.5. The highest BCUT2D eigenvalue weighted by Crippen LogP contribution is 2.46. The van der Waals surface area contributed by atoms with Crippen LogP contribution in [0.15, 0.2) is 76.6 Å². The van der Waals surface area contributed by atoms with Crippen LogP contribution in [0.3, 0.4) is 0 Å². The second kappa shape index (κ2) is 8.31. The maximum absolute atomic E-state index is 9.84. The molecule has 5 nitrogen and oxygen atoms in total. The molecule has 1 aliphatic rings. The molecular formula is C23H16BrClN2O3. The first-order valence-corrected chi connectivity index (χ1v) is 10.2. The van der Waals surface area contributed by atoms with Crippen molar-refractivity contribution in [3.63, 3.8) is 0 Å². The van der Waals surface area contributed by atoms with Gasteiger partial charge >= 0.3 is 0 Å². The normalized spacial score (nSPS) is 15.2. The van der Waals surface area contributed by atoms with Crippen LogP contribution in [-0.4, -0.2) is 5.11 Å². The van der Waals surface area contributed by atoms with Crippen LogP contribution < -0.4 is 15.2 Å². The zero-order valence-corrected chi connectivity index (χ0v) is 17.9. The molecule has 0 aromatic heterocycles. The molecule has 1 aliphatic heterocycles. The Labute approximate surface area is 187 Å². The third-order valence-electron chi connectivity index (χ3n) is 4.79. The highest BCUT2D eigenvalue weighted by Gasteiger charge is 2.33. The van der Waals surface area contributed by atoms with Crippen molar-refractivity contribution >= 4 is 27.5 Å². The van der Waals surface area contributed by atoms with Crippen molar-refractivity contribution in [2.45, 2.75) is 12.5 Å². The van der Waals surface area contributed by atoms with Gasteiger partial charge in [-0.1, -0.05) is 45.7 Å². The number of nitrogens with zero attached hydrogens (tertiary/aromatic N) is 1. The number of aromatic hydroxyl groups is 1. The summed E-state index contributed by atoms with van der Waals surface area (Å²) in [5, 5.41) is 20.3. The Hall–Kier alpha value is -3.14. The highest BCUT2D eigenvalue weighted by molar-refractivity contribution is 9.10. The van der Waals surface area contributed by atoms with Gasteiger partial charge in [-0.3, -0.25) is 0 Å². The summed E-state index contributed by atoms with van der Waals surface area (Å²) in [5.41, 5.74) is 8.75. The lowest BCUT2D eigenvalue weighted by Crippen LogP contribution is -2.21. The lowest BCUT2D eigenvalue weighted by atomic mass is 9.83. The maximum atomic E-state index is 9.84. The Balaban J connectivity index is 1.78. The first-order valence-electron chi connectivity index (χ1n) is 9.03. The van der Waals surface area contributed by atoms with Crippen molar-refractivity contribution < 1.29 is 14.6 Å². The number of halogens is 2. The number of hydrogen-bond acceptors (Lipinski definition) is 5. The zero-order valence-electron chi connectivity index (χ0n) is 15.6. The van der Waals surface area contributed by atoms with Gasteiger partial charge in [0.1, 0.15) is 35.5 Å². The monoisotopic (exact) mass is 482 g/mol. The van der Waals surface area contributed by atoms with Crippen molar-refractivity contribution in [2.24, 2.45) is 5.73 Å². The van der Waals surface area contributed by atoms with Gasteiger partial charge in [-0.05, 0) is 42.0 Å². The van der Waals surface area contributed by atoms with E-state index in [0.29, 0.717) is 28.7 Å². The first kappa shape index (κ1) is 20.1. The molecule has 0 spiro atoms. The van der Waals surface area contributed by atoms with E-state index >= 15 is 0 Å². The molecule has 0 fully saturated rings. The molecule has 3 N–H and O–H groups in total. The minimum Gasteiger partial charge on any atom is -0.508 e. The summed E-state index contributed by atoms with van der Waals surface area (Å²) in [4.78, 5) is 0. The third-order valence-corrected chi connectivity index (χ3v) is 5.54. The Morgan fingerprint density at radius 2 is 1.87 bits per heavy atom. The van der Waals surface area contributed by atoms with Crippen LogP contribution in [0.25, 0.3) is 0 Å². The Morgan fingerprint density at radius 1 is 1.10 bits per heavy atom. The van der Waals surface area contributed by atoms with Gasteiger partial charge in [0.05, 0.1) is 5.92 Å². The predicted molar refractivity (Wildman–Crippen MR) is 117 cm³/mol. The van der Waals surface area contributed by atoms with Crippen LogP contribution in [0.1, 0.15) is 22.6 Å². The van der Waals surface area contributed by atoms with Crippen molar-refractivity contribution in [2.75, 3.05) is 0 Å². The average molecular weight is 484 g/mol. The van der Waals surface area contributed by atoms with Crippen LogP contribution in [-0.2, 0) is 6.61 Å². The van der Waals surface area contributed by atoms with E-state index in [0.717, 1.165) is 15.6 Å². The minimum absolute atomic E-state index is 0.00391. The lowest BCUT2D eigenvalue weighted by molar-refractivity contribution is 0.301. The number of nitriles is 1. The molecule has 1 atom stereocenters. The highest BCUT2D eigenvalue weighted by atomic mass is 79.9. The Kier molecular flexibility index (Phi) is 5.58. The summed E-state index contributed by atoms with van der Waals surface area (Å²) in [6.07, 6.45) is 0. The van der Waals surface area contributed by atoms with E-state index in [2.05, 4.69) is 22.0 Å². The molecule has 0 amide bonds. The van der Waals surface area contributed by atoms with E-state index < -0.39 is 5.92 Å². The number of hydrogen-bond donors (Lipinski definition) is 2. The summed E-state index contributed by atoms with van der Waals surface area (Å²) in [6.45, 7) is 0.332. The van der Waals surface area contributed by atoms with Gasteiger partial charge in [-0.25, -0.2) is 0 Å². The molecule has 4 rings (SSSR count). The smallest absolute Gasteiger partial charge is 0.205 e. The number of benzene rings is 3. The molecule has 7 heteroatoms. The molecule has 150 valence electrons. The number of phenolic OH excluding ortho intramolecular Hbond substituents is 1. The Morgan fingerprint density at radius 3 is 2.60 bits per heavy atom. The fraction of sp³-hybridized carbons (Fsp3) is 0.0870. The van der Waals surface area contributed by atoms with Crippen LogP contribution >= 0.6 is 27.5 Å². The van der Waals surface area contributed by atoms with Gasteiger partial charge in [-0.2, -0.15) is 5.26 Å². The van der Waals surface area contributed by atoms with Gasteiger partial charge < -0.3 is 20.3 Å². The van der Waals surface area contributed by atoms with Gasteiger partial charge in [0.25, 0.3) is 0 Å². The third kappa shape index (κ3) is 3.95. The maximum Gasteiger partial charge on any atom is 0.205 e. The van der Waals surface area contributed by atoms with Crippen molar-refractivity contribution in [3.05, 3.63) is 98.3 Å². The van der Waals surface area contributed by atoms with Crippen molar-refractivity contribution in [1.29, 1.82) is 5.26 Å². The van der Waals surface area contributed by atoms with Crippen molar-refractivity contribution in [3.8, 4) is 23.3 Å². The minimum atomic E-state index is -0.503. The predicted octanol–water partition coefficient (Wildman–Crippen LogP) is 5.61. The van der Waals surface area contributed by atoms with E-state index in [4.69, 9.17) is 26.8 Å². The second-order valence-corrected chi connectivity index (χ2v) is 8.10. The summed E-state index contributed by atoms with van der Waals surface area (Å²) in [7, 11) is 0. The summed E-state index contributed by atoms with van der Waals surface area (Å²) in [5.74, 6) is 0.565. The summed E-state index contributed by atoms with van der Waals surface area (Å²) >= 11 is 9.46. The molecule has 0 bridgehead atoms. The number of rotatable bonds is 4. The molecule has 0 saturated carbocycles. The molecule has 3 aromatic rings. The molecule has 0 radical (unpaired) electrons. The molecule has 3 aromatic carbocycles. The number of phenols is 1. The van der Waals surface area contributed by atoms with E-state index in [1.165, 1.54) is 6.07 Å². The van der Waals surface area contributed by atoms with Crippen LogP contribution in [0, 0.1) is 11.3 Å². The number of fused-ring (bicyclic) bond motifs is 1. The van der Waals surface area contributed by atoms with Gasteiger partial charge in [0.2, 0.25) is 5.88 Å². The van der Waals surface area contributed by atoms with Crippen molar-refractivity contribution in [1.82, 2.24) is 0 Å². The van der Waals surface area contributed by atoms with Gasteiger partial charge in [0, 0.05) is 26.7 Å². The molecular weight excluding hydrogens is 468 g/mol. The van der Waals surface area contributed by atoms with E-state index in [1.807, 2.05) is 30.3 Å². The zero-order chi connectivity index (χ0) is 21.3. The quantitative estimate of drug-likeness (QED) is 0.504. The molecule has 1 heterocycles. The average Bonchev–Trinajstić information content (AvgIpc) is 2.73. The van der Waals surface area contributed by atoms with E-state index in [-0.39, 0.29) is 17.2 Å². The second-order valence-electron chi connectivity index (χ2n) is 6.74. The fourth-order valence-electron chi connectivity index (χ4n) is 3.38. The fourth-order valence-corrected chi connectivity index (χ4v) is 3.89. The summed E-state index contributed by atoms with van der Waals surface area (Å²) in [6, 6.07) is 19.9. The largest absolute Gasteiger partial charge is 0.508 e. The van der Waals surface area contributed by atoms with Crippen LogP contribution in [0.2, 0.25) is 5.02 Å². The van der Waals surface area contributed by atoms with E-state index in [1.54, 1.807) is 24.3 Å². The number of nitrogens with two attached hydrogens (primary N) is 1. The number of allylic oxidation sites excluding steroid dienone is 1. The molecule has 0 saturated heterocycles. The standard InChI is InChI=1S/C23H16BrClN2O3/c24-14-3-8-20(29-12-13-1-4-15(25)5-2-13)18(9-14)22-17-7-6-16(28)10-21(17)30-23(27)19(22)11-26/h1-10,22,28H,12,27H2/t22-/m0/s1. The lowest BCUT2D eigenvalue weighted by Gasteiger charge is -2.28. The van der Waals surface area contributed by atoms with Gasteiger partial charge in [0.15, 0.2) is 0 Å². The van der Waals surface area contributed by atoms with E-state index in [9.17, 15) is 10.4 Å². The topological polar surface area (TPSA) is 88.5 Å². The number of ether oxygens (including phenoxy) is 2. The van der Waals surface area contributed by atoms with Crippen LogP contribution in [0.4, 0.5) is 0 Å². The van der Waals surface area contributed by atoms with Crippen LogP contribution in [0.5, 0.6) is 17.2 Å². The molecule has 0 unspecified atom stereocenters.